The van der Waals surface area contributed by atoms with E-state index < -0.39 is 10.0 Å². The minimum Gasteiger partial charge on any atom is -0.351 e. The van der Waals surface area contributed by atoms with Crippen LogP contribution < -0.4 is 15.4 Å². The first-order valence-electron chi connectivity index (χ1n) is 7.68. The number of amides is 1. The fraction of sp³-hybridized carbons (Fsp3) is 0.312. The van der Waals surface area contributed by atoms with E-state index in [0.29, 0.717) is 17.8 Å². The summed E-state index contributed by atoms with van der Waals surface area (Å²) >= 11 is 1.15. The Kier molecular flexibility index (Phi) is 6.77. The largest absolute Gasteiger partial charge is 0.351 e. The van der Waals surface area contributed by atoms with Crippen LogP contribution in [0.3, 0.4) is 0 Å². The molecule has 0 fully saturated rings. The van der Waals surface area contributed by atoms with Crippen molar-refractivity contribution in [3.05, 3.63) is 47.3 Å². The summed E-state index contributed by atoms with van der Waals surface area (Å²) in [4.78, 5) is 12.0. The molecular formula is C16H21N3O3S2. The molecule has 3 N–H and O–H groups in total. The third-order valence-electron chi connectivity index (χ3n) is 3.17. The molecule has 2 rings (SSSR count). The topological polar surface area (TPSA) is 87.3 Å². The first-order chi connectivity index (χ1) is 11.5. The molecule has 0 radical (unpaired) electrons. The molecular weight excluding hydrogens is 346 g/mol. The summed E-state index contributed by atoms with van der Waals surface area (Å²) < 4.78 is 27.0. The second-order valence-electron chi connectivity index (χ2n) is 5.12. The summed E-state index contributed by atoms with van der Waals surface area (Å²) in [7, 11) is -3.57. The van der Waals surface area contributed by atoms with Gasteiger partial charge in [0.1, 0.15) is 4.21 Å². The maximum atomic E-state index is 12.1. The van der Waals surface area contributed by atoms with Crippen molar-refractivity contribution < 1.29 is 13.2 Å². The van der Waals surface area contributed by atoms with E-state index in [1.165, 1.54) is 0 Å². The molecule has 130 valence electrons. The van der Waals surface area contributed by atoms with Crippen LogP contribution in [0.2, 0.25) is 0 Å². The molecule has 0 aliphatic heterocycles. The van der Waals surface area contributed by atoms with Crippen molar-refractivity contribution in [2.45, 2.75) is 17.6 Å². The molecule has 0 aliphatic rings. The van der Waals surface area contributed by atoms with E-state index in [1.807, 2.05) is 0 Å². The number of nitrogens with one attached hydrogen (secondary N) is 3. The molecule has 1 heterocycles. The molecule has 1 amide bonds. The summed E-state index contributed by atoms with van der Waals surface area (Å²) in [6.45, 7) is 4.28. The summed E-state index contributed by atoms with van der Waals surface area (Å²) in [5.41, 5.74) is 0.911. The molecule has 24 heavy (non-hydrogen) atoms. The lowest BCUT2D eigenvalue weighted by Crippen LogP contribution is -2.32. The zero-order chi connectivity index (χ0) is 17.4. The molecule has 0 unspecified atom stereocenters. The maximum absolute atomic E-state index is 12.1. The Bertz CT molecular complexity index is 741. The summed E-state index contributed by atoms with van der Waals surface area (Å²) in [6.07, 6.45) is 1.05. The SMILES string of the molecule is CCCNCCNC(=O)c1ccc(NS(=O)(=O)c2cccs2)cc1. The molecule has 0 aliphatic carbocycles. The Balaban J connectivity index is 1.90. The maximum Gasteiger partial charge on any atom is 0.271 e. The van der Waals surface area contributed by atoms with Gasteiger partial charge in [0.25, 0.3) is 15.9 Å². The van der Waals surface area contributed by atoms with Gasteiger partial charge in [-0.15, -0.1) is 11.3 Å². The number of anilines is 1. The van der Waals surface area contributed by atoms with Crippen molar-refractivity contribution in [1.29, 1.82) is 0 Å². The monoisotopic (exact) mass is 367 g/mol. The second kappa shape index (κ2) is 8.81. The van der Waals surface area contributed by atoms with Crippen molar-refractivity contribution in [1.82, 2.24) is 10.6 Å². The van der Waals surface area contributed by atoms with Crippen LogP contribution in [-0.2, 0) is 10.0 Å². The molecule has 0 atom stereocenters. The zero-order valence-electron chi connectivity index (χ0n) is 13.4. The van der Waals surface area contributed by atoms with Crippen molar-refractivity contribution in [2.24, 2.45) is 0 Å². The molecule has 6 nitrogen and oxygen atoms in total. The Labute approximate surface area is 146 Å². The van der Waals surface area contributed by atoms with E-state index in [4.69, 9.17) is 0 Å². The summed E-state index contributed by atoms with van der Waals surface area (Å²) in [6, 6.07) is 9.58. The van der Waals surface area contributed by atoms with Gasteiger partial charge in [0.2, 0.25) is 0 Å². The number of carbonyl (C=O) groups excluding carboxylic acids is 1. The van der Waals surface area contributed by atoms with Crippen molar-refractivity contribution in [2.75, 3.05) is 24.4 Å². The molecule has 1 aromatic heterocycles. The fourth-order valence-electron chi connectivity index (χ4n) is 1.98. The lowest BCUT2D eigenvalue weighted by molar-refractivity contribution is 0.0954. The number of rotatable bonds is 9. The smallest absolute Gasteiger partial charge is 0.271 e. The average Bonchev–Trinajstić information content (AvgIpc) is 3.10. The van der Waals surface area contributed by atoms with Crippen molar-refractivity contribution in [3.63, 3.8) is 0 Å². The highest BCUT2D eigenvalue weighted by molar-refractivity contribution is 7.94. The lowest BCUT2D eigenvalue weighted by atomic mass is 10.2. The molecule has 0 saturated heterocycles. The van der Waals surface area contributed by atoms with Crippen molar-refractivity contribution >= 4 is 33.0 Å². The molecule has 0 spiro atoms. The van der Waals surface area contributed by atoms with Gasteiger partial charge in [-0.3, -0.25) is 9.52 Å². The van der Waals surface area contributed by atoms with Crippen LogP contribution in [-0.4, -0.2) is 34.0 Å². The molecule has 2 aromatic rings. The average molecular weight is 367 g/mol. The highest BCUT2D eigenvalue weighted by Crippen LogP contribution is 2.20. The zero-order valence-corrected chi connectivity index (χ0v) is 15.0. The Morgan fingerprint density at radius 3 is 2.46 bits per heavy atom. The number of hydrogen-bond donors (Lipinski definition) is 3. The predicted octanol–water partition coefficient (Wildman–Crippen LogP) is 2.28. The van der Waals surface area contributed by atoms with Crippen LogP contribution in [0.25, 0.3) is 0 Å². The van der Waals surface area contributed by atoms with Crippen LogP contribution >= 0.6 is 11.3 Å². The normalized spacial score (nSPS) is 11.2. The second-order valence-corrected chi connectivity index (χ2v) is 7.98. The van der Waals surface area contributed by atoms with Crippen LogP contribution in [0.5, 0.6) is 0 Å². The van der Waals surface area contributed by atoms with Crippen molar-refractivity contribution in [3.8, 4) is 0 Å². The minimum absolute atomic E-state index is 0.180. The van der Waals surface area contributed by atoms with Gasteiger partial charge in [0.05, 0.1) is 0 Å². The Morgan fingerprint density at radius 2 is 1.83 bits per heavy atom. The van der Waals surface area contributed by atoms with Crippen LogP contribution in [0.1, 0.15) is 23.7 Å². The number of carbonyl (C=O) groups is 1. The molecule has 1 aromatic carbocycles. The van der Waals surface area contributed by atoms with Gasteiger partial charge in [-0.2, -0.15) is 0 Å². The molecule has 8 heteroatoms. The number of sulfonamides is 1. The third kappa shape index (κ3) is 5.33. The standard InChI is InChI=1S/C16H21N3O3S2/c1-2-9-17-10-11-18-16(20)13-5-7-14(8-6-13)19-24(21,22)15-4-3-12-23-15/h3-8,12,17,19H,2,9-11H2,1H3,(H,18,20). The number of hydrogen-bond acceptors (Lipinski definition) is 5. The highest BCUT2D eigenvalue weighted by Gasteiger charge is 2.15. The van der Waals surface area contributed by atoms with E-state index in [-0.39, 0.29) is 10.1 Å². The first-order valence-corrected chi connectivity index (χ1v) is 10.0. The van der Waals surface area contributed by atoms with E-state index in [0.717, 1.165) is 30.8 Å². The van der Waals surface area contributed by atoms with Crippen LogP contribution in [0.15, 0.2) is 46.0 Å². The van der Waals surface area contributed by atoms with E-state index in [9.17, 15) is 13.2 Å². The van der Waals surface area contributed by atoms with Gasteiger partial charge in [-0.1, -0.05) is 13.0 Å². The minimum atomic E-state index is -3.57. The fourth-order valence-corrected chi connectivity index (χ4v) is 4.03. The first kappa shape index (κ1) is 18.4. The van der Waals surface area contributed by atoms with Crippen LogP contribution in [0.4, 0.5) is 5.69 Å². The number of thiophene rings is 1. The van der Waals surface area contributed by atoms with E-state index in [1.54, 1.807) is 41.8 Å². The molecule has 0 bridgehead atoms. The van der Waals surface area contributed by atoms with Gasteiger partial charge in [0.15, 0.2) is 0 Å². The Hall–Kier alpha value is -1.90. The Morgan fingerprint density at radius 1 is 1.08 bits per heavy atom. The predicted molar refractivity (Wildman–Crippen MR) is 97.1 cm³/mol. The highest BCUT2D eigenvalue weighted by atomic mass is 32.2. The summed E-state index contributed by atoms with van der Waals surface area (Å²) in [5, 5.41) is 7.71. The molecule has 0 saturated carbocycles. The summed E-state index contributed by atoms with van der Waals surface area (Å²) in [5.74, 6) is -0.180. The third-order valence-corrected chi connectivity index (χ3v) is 5.95. The van der Waals surface area contributed by atoms with Gasteiger partial charge in [0, 0.05) is 24.3 Å². The van der Waals surface area contributed by atoms with Gasteiger partial charge in [-0.05, 0) is 48.7 Å². The van der Waals surface area contributed by atoms with Crippen LogP contribution in [0, 0.1) is 0 Å². The number of benzene rings is 1. The lowest BCUT2D eigenvalue weighted by Gasteiger charge is -2.08. The van der Waals surface area contributed by atoms with Gasteiger partial charge >= 0.3 is 0 Å². The quantitative estimate of drug-likeness (QED) is 0.594. The van der Waals surface area contributed by atoms with E-state index >= 15 is 0 Å². The van der Waals surface area contributed by atoms with Gasteiger partial charge in [-0.25, -0.2) is 8.42 Å². The van der Waals surface area contributed by atoms with Gasteiger partial charge < -0.3 is 10.6 Å². The van der Waals surface area contributed by atoms with E-state index in [2.05, 4.69) is 22.3 Å².